The highest BCUT2D eigenvalue weighted by molar-refractivity contribution is 6.33. The largest absolute Gasteiger partial charge is 0.370 e. The summed E-state index contributed by atoms with van der Waals surface area (Å²) in [6.45, 7) is 3.37. The quantitative estimate of drug-likeness (QED) is 0.734. The Labute approximate surface area is 165 Å². The molecule has 5 heteroatoms. The molecule has 1 fully saturated rings. The minimum atomic E-state index is -0.420. The number of carbonyl (C=O) groups excluding carboxylic acids is 1. The van der Waals surface area contributed by atoms with Crippen LogP contribution < -0.4 is 5.73 Å². The summed E-state index contributed by atoms with van der Waals surface area (Å²) in [6.07, 6.45) is 4.37. The number of hydrogen-bond acceptors (Lipinski definition) is 3. The zero-order valence-electron chi connectivity index (χ0n) is 15.4. The third kappa shape index (κ3) is 5.67. The topological polar surface area (TPSA) is 55.6 Å². The average Bonchev–Trinajstić information content (AvgIpc) is 2.67. The Bertz CT molecular complexity index is 809. The highest BCUT2D eigenvalue weighted by atomic mass is 35.5. The molecule has 0 aromatic heterocycles. The van der Waals surface area contributed by atoms with E-state index in [-0.39, 0.29) is 6.61 Å². The van der Waals surface area contributed by atoms with Crippen LogP contribution in [0.1, 0.15) is 18.4 Å². The lowest BCUT2D eigenvalue weighted by atomic mass is 9.95. The van der Waals surface area contributed by atoms with Gasteiger partial charge in [-0.1, -0.05) is 65.7 Å². The molecule has 0 atom stereocenters. The minimum Gasteiger partial charge on any atom is -0.370 e. The lowest BCUT2D eigenvalue weighted by molar-refractivity contribution is -0.122. The average molecular weight is 385 g/mol. The maximum Gasteiger partial charge on any atom is 0.243 e. The number of amides is 1. The highest BCUT2D eigenvalue weighted by Crippen LogP contribution is 2.32. The zero-order chi connectivity index (χ0) is 19.1. The molecule has 3 rings (SSSR count). The van der Waals surface area contributed by atoms with Gasteiger partial charge in [-0.3, -0.25) is 4.79 Å². The molecular formula is C22H25ClN2O2. The zero-order valence-corrected chi connectivity index (χ0v) is 16.1. The number of halogens is 1. The molecule has 0 saturated carbocycles. The summed E-state index contributed by atoms with van der Waals surface area (Å²) < 4.78 is 5.25. The van der Waals surface area contributed by atoms with Crippen molar-refractivity contribution in [2.75, 3.05) is 32.8 Å². The molecule has 2 aromatic rings. The Morgan fingerprint density at radius 3 is 2.44 bits per heavy atom. The number of benzene rings is 2. The number of nitrogens with zero attached hydrogens (tertiary/aromatic N) is 1. The number of carbonyl (C=O) groups is 1. The highest BCUT2D eigenvalue weighted by Gasteiger charge is 2.14. The van der Waals surface area contributed by atoms with Gasteiger partial charge in [-0.05, 0) is 30.0 Å². The molecule has 1 aliphatic heterocycles. The van der Waals surface area contributed by atoms with Crippen molar-refractivity contribution in [1.82, 2.24) is 4.90 Å². The van der Waals surface area contributed by atoms with Crippen LogP contribution in [-0.2, 0) is 9.53 Å². The molecular weight excluding hydrogens is 360 g/mol. The molecule has 1 heterocycles. The van der Waals surface area contributed by atoms with Crippen molar-refractivity contribution in [2.45, 2.75) is 12.8 Å². The van der Waals surface area contributed by atoms with Gasteiger partial charge in [0.2, 0.25) is 5.91 Å². The molecule has 2 N–H and O–H groups in total. The van der Waals surface area contributed by atoms with E-state index in [2.05, 4.69) is 41.3 Å². The van der Waals surface area contributed by atoms with Gasteiger partial charge in [0.15, 0.2) is 0 Å². The first-order valence-electron chi connectivity index (χ1n) is 9.25. The van der Waals surface area contributed by atoms with Crippen molar-refractivity contribution in [3.63, 3.8) is 0 Å². The van der Waals surface area contributed by atoms with Crippen molar-refractivity contribution in [3.05, 3.63) is 64.7 Å². The monoisotopic (exact) mass is 384 g/mol. The van der Waals surface area contributed by atoms with E-state index >= 15 is 0 Å². The summed E-state index contributed by atoms with van der Waals surface area (Å²) in [5.74, 6) is -0.420. The molecule has 0 aliphatic carbocycles. The van der Waals surface area contributed by atoms with Gasteiger partial charge < -0.3 is 15.4 Å². The number of nitrogens with two attached hydrogens (primary N) is 1. The van der Waals surface area contributed by atoms with Crippen LogP contribution in [0.5, 0.6) is 0 Å². The van der Waals surface area contributed by atoms with Gasteiger partial charge >= 0.3 is 0 Å². The van der Waals surface area contributed by atoms with Gasteiger partial charge in [-0.25, -0.2) is 0 Å². The molecule has 0 unspecified atom stereocenters. The summed E-state index contributed by atoms with van der Waals surface area (Å²) in [7, 11) is 0. The lowest BCUT2D eigenvalue weighted by Crippen LogP contribution is -2.34. The Kier molecular flexibility index (Phi) is 7.04. The van der Waals surface area contributed by atoms with Crippen LogP contribution in [0.2, 0.25) is 5.02 Å². The molecule has 4 nitrogen and oxygen atoms in total. The van der Waals surface area contributed by atoms with Gasteiger partial charge in [0.05, 0.1) is 6.61 Å². The van der Waals surface area contributed by atoms with Gasteiger partial charge in [0, 0.05) is 30.2 Å². The Morgan fingerprint density at radius 1 is 1.07 bits per heavy atom. The fourth-order valence-electron chi connectivity index (χ4n) is 3.34. The second-order valence-electron chi connectivity index (χ2n) is 6.73. The molecule has 142 valence electrons. The molecule has 0 bridgehead atoms. The maximum atomic E-state index is 10.7. The summed E-state index contributed by atoms with van der Waals surface area (Å²) in [6, 6.07) is 16.4. The van der Waals surface area contributed by atoms with Crippen LogP contribution in [0.15, 0.2) is 54.1 Å². The van der Waals surface area contributed by atoms with E-state index in [0.717, 1.165) is 48.6 Å². The smallest absolute Gasteiger partial charge is 0.243 e. The SMILES string of the molecule is NC(=O)COCCN1CCC(=Cc2ccccc2-c2ccccc2Cl)CC1. The first kappa shape index (κ1) is 19.6. The van der Waals surface area contributed by atoms with Crippen LogP contribution in [0.3, 0.4) is 0 Å². The Hall–Kier alpha value is -2.14. The number of ether oxygens (including phenoxy) is 1. The second kappa shape index (κ2) is 9.70. The predicted molar refractivity (Wildman–Crippen MR) is 111 cm³/mol. The number of rotatable bonds is 7. The van der Waals surface area contributed by atoms with Gasteiger partial charge in [0.25, 0.3) is 0 Å². The van der Waals surface area contributed by atoms with Gasteiger partial charge in [0.1, 0.15) is 6.61 Å². The molecule has 1 aliphatic rings. The van der Waals surface area contributed by atoms with Crippen LogP contribution in [0, 0.1) is 0 Å². The third-order valence-electron chi connectivity index (χ3n) is 4.78. The van der Waals surface area contributed by atoms with E-state index in [4.69, 9.17) is 22.1 Å². The third-order valence-corrected chi connectivity index (χ3v) is 5.11. The Balaban J connectivity index is 1.62. The molecule has 1 saturated heterocycles. The minimum absolute atomic E-state index is 0.00216. The molecule has 0 radical (unpaired) electrons. The van der Waals surface area contributed by atoms with Crippen LogP contribution >= 0.6 is 11.6 Å². The van der Waals surface area contributed by atoms with E-state index in [0.29, 0.717) is 6.61 Å². The predicted octanol–water partition coefficient (Wildman–Crippen LogP) is 3.99. The van der Waals surface area contributed by atoms with Crippen LogP contribution in [-0.4, -0.2) is 43.7 Å². The fourth-order valence-corrected chi connectivity index (χ4v) is 3.58. The molecule has 2 aromatic carbocycles. The van der Waals surface area contributed by atoms with Gasteiger partial charge in [-0.15, -0.1) is 0 Å². The number of primary amides is 1. The van der Waals surface area contributed by atoms with Crippen molar-refractivity contribution in [2.24, 2.45) is 5.73 Å². The van der Waals surface area contributed by atoms with Gasteiger partial charge in [-0.2, -0.15) is 0 Å². The standard InChI is InChI=1S/C22H25ClN2O2/c23-21-8-4-3-7-20(21)19-6-2-1-5-18(19)15-17-9-11-25(12-10-17)13-14-27-16-22(24)26/h1-8,15H,9-14,16H2,(H2,24,26). The van der Waals surface area contributed by atoms with E-state index in [1.165, 1.54) is 11.1 Å². The molecule has 27 heavy (non-hydrogen) atoms. The van der Waals surface area contributed by atoms with Crippen molar-refractivity contribution in [1.29, 1.82) is 0 Å². The lowest BCUT2D eigenvalue weighted by Gasteiger charge is -2.28. The van der Waals surface area contributed by atoms with E-state index in [1.807, 2.05) is 18.2 Å². The summed E-state index contributed by atoms with van der Waals surface area (Å²) in [5, 5.41) is 0.772. The van der Waals surface area contributed by atoms with Crippen molar-refractivity contribution in [3.8, 4) is 11.1 Å². The summed E-state index contributed by atoms with van der Waals surface area (Å²) in [4.78, 5) is 13.0. The molecule has 1 amide bonds. The van der Waals surface area contributed by atoms with Crippen molar-refractivity contribution < 1.29 is 9.53 Å². The first-order valence-corrected chi connectivity index (χ1v) is 9.63. The van der Waals surface area contributed by atoms with Crippen LogP contribution in [0.4, 0.5) is 0 Å². The van der Waals surface area contributed by atoms with E-state index < -0.39 is 5.91 Å². The maximum absolute atomic E-state index is 10.7. The summed E-state index contributed by atoms with van der Waals surface area (Å²) in [5.41, 5.74) is 9.96. The summed E-state index contributed by atoms with van der Waals surface area (Å²) >= 11 is 6.40. The second-order valence-corrected chi connectivity index (χ2v) is 7.14. The normalized spacial score (nSPS) is 14.9. The number of hydrogen-bond donors (Lipinski definition) is 1. The molecule has 0 spiro atoms. The van der Waals surface area contributed by atoms with E-state index in [9.17, 15) is 4.79 Å². The Morgan fingerprint density at radius 2 is 1.74 bits per heavy atom. The fraction of sp³-hybridized carbons (Fsp3) is 0.318. The van der Waals surface area contributed by atoms with Crippen molar-refractivity contribution >= 4 is 23.6 Å². The first-order chi connectivity index (χ1) is 13.1. The number of piperidine rings is 1. The number of likely N-dealkylation sites (tertiary alicyclic amines) is 1. The van der Waals surface area contributed by atoms with Crippen LogP contribution in [0.25, 0.3) is 17.2 Å². The van der Waals surface area contributed by atoms with E-state index in [1.54, 1.807) is 0 Å².